The molecule has 0 spiro atoms. The third-order valence-corrected chi connectivity index (χ3v) is 3.62. The van der Waals surface area contributed by atoms with Gasteiger partial charge < -0.3 is 0 Å². The summed E-state index contributed by atoms with van der Waals surface area (Å²) in [4.78, 5) is 0. The van der Waals surface area contributed by atoms with Crippen molar-refractivity contribution in [2.24, 2.45) is 0 Å². The molecule has 0 fully saturated rings. The average molecular weight is 206 g/mol. The normalized spacial score (nSPS) is 12.7. The van der Waals surface area contributed by atoms with E-state index >= 15 is 0 Å². The maximum atomic E-state index is 3.97. The number of hydrogen-bond donors (Lipinski definition) is 0. The molecule has 0 heterocycles. The van der Waals surface area contributed by atoms with Crippen LogP contribution in [0.5, 0.6) is 0 Å². The summed E-state index contributed by atoms with van der Waals surface area (Å²) in [5, 5.41) is 0.674. The lowest BCUT2D eigenvalue weighted by atomic mass is 10.2. The van der Waals surface area contributed by atoms with Crippen LogP contribution < -0.4 is 0 Å². The molecule has 0 saturated carbocycles. The van der Waals surface area contributed by atoms with Gasteiger partial charge in [-0.05, 0) is 18.4 Å². The van der Waals surface area contributed by atoms with E-state index in [9.17, 15) is 0 Å². The number of thioether (sulfide) groups is 1. The van der Waals surface area contributed by atoms with Gasteiger partial charge in [-0.15, -0.1) is 0 Å². The van der Waals surface area contributed by atoms with Crippen LogP contribution >= 0.6 is 11.8 Å². The zero-order valence-electron chi connectivity index (χ0n) is 8.61. The van der Waals surface area contributed by atoms with Gasteiger partial charge in [-0.1, -0.05) is 50.6 Å². The van der Waals surface area contributed by atoms with E-state index in [0.29, 0.717) is 5.25 Å². The Morgan fingerprint density at radius 1 is 1.14 bits per heavy atom. The van der Waals surface area contributed by atoms with Crippen molar-refractivity contribution in [1.82, 2.24) is 0 Å². The Morgan fingerprint density at radius 3 is 2.43 bits per heavy atom. The van der Waals surface area contributed by atoms with Crippen molar-refractivity contribution in [2.75, 3.05) is 0 Å². The van der Waals surface area contributed by atoms with E-state index < -0.39 is 0 Å². The first-order valence-electron chi connectivity index (χ1n) is 5.11. The zero-order chi connectivity index (χ0) is 10.2. The SMILES string of the molecule is [CH2]CCC(C[CH2])SCc1ccccc1. The topological polar surface area (TPSA) is 0 Å². The summed E-state index contributed by atoms with van der Waals surface area (Å²) in [5.41, 5.74) is 1.40. The second-order valence-corrected chi connectivity index (χ2v) is 4.64. The molecule has 0 N–H and O–H groups in total. The molecule has 0 bridgehead atoms. The van der Waals surface area contributed by atoms with Gasteiger partial charge in [0, 0.05) is 11.0 Å². The van der Waals surface area contributed by atoms with Crippen molar-refractivity contribution in [3.8, 4) is 0 Å². The smallest absolute Gasteiger partial charge is 0.0187 e. The van der Waals surface area contributed by atoms with Crippen LogP contribution in [0.1, 0.15) is 24.8 Å². The molecule has 1 rings (SSSR count). The highest BCUT2D eigenvalue weighted by Gasteiger charge is 2.05. The van der Waals surface area contributed by atoms with Gasteiger partial charge >= 0.3 is 0 Å². The first-order chi connectivity index (χ1) is 6.86. The van der Waals surface area contributed by atoms with Gasteiger partial charge in [0.15, 0.2) is 0 Å². The summed E-state index contributed by atoms with van der Waals surface area (Å²) in [6.07, 6.45) is 3.20. The van der Waals surface area contributed by atoms with E-state index in [1.165, 1.54) is 12.0 Å². The van der Waals surface area contributed by atoms with Crippen LogP contribution in [0.2, 0.25) is 0 Å². The van der Waals surface area contributed by atoms with E-state index in [1.54, 1.807) is 0 Å². The Labute approximate surface area is 92.1 Å². The molecule has 2 radical (unpaired) electrons. The van der Waals surface area contributed by atoms with Crippen molar-refractivity contribution in [1.29, 1.82) is 0 Å². The van der Waals surface area contributed by atoms with Gasteiger partial charge in [0.05, 0.1) is 0 Å². The highest BCUT2D eigenvalue weighted by atomic mass is 32.2. The molecule has 1 heteroatoms. The van der Waals surface area contributed by atoms with Crippen LogP contribution in [0, 0.1) is 13.8 Å². The molecule has 76 valence electrons. The third kappa shape index (κ3) is 4.19. The summed E-state index contributed by atoms with van der Waals surface area (Å²) in [5.74, 6) is 1.10. The Bertz CT molecular complexity index is 230. The molecule has 0 saturated heterocycles. The second-order valence-electron chi connectivity index (χ2n) is 3.35. The van der Waals surface area contributed by atoms with Crippen LogP contribution in [0.25, 0.3) is 0 Å². The monoisotopic (exact) mass is 206 g/mol. The molecule has 0 aliphatic carbocycles. The molecule has 1 aromatic rings. The predicted octanol–water partition coefficient (Wildman–Crippen LogP) is 4.13. The minimum atomic E-state index is 0.674. The molecule has 1 aromatic carbocycles. The Balaban J connectivity index is 2.32. The van der Waals surface area contributed by atoms with Crippen LogP contribution in [0.4, 0.5) is 0 Å². The number of hydrogen-bond acceptors (Lipinski definition) is 1. The highest BCUT2D eigenvalue weighted by Crippen LogP contribution is 2.23. The second kappa shape index (κ2) is 6.94. The third-order valence-electron chi connectivity index (χ3n) is 2.18. The van der Waals surface area contributed by atoms with Gasteiger partial charge in [0.1, 0.15) is 0 Å². The largest absolute Gasteiger partial charge is 0.154 e. The van der Waals surface area contributed by atoms with Gasteiger partial charge in [0.25, 0.3) is 0 Å². The lowest BCUT2D eigenvalue weighted by Gasteiger charge is -2.12. The molecule has 1 atom stereocenters. The fourth-order valence-corrected chi connectivity index (χ4v) is 2.45. The summed E-state index contributed by atoms with van der Waals surface area (Å²) in [7, 11) is 0. The van der Waals surface area contributed by atoms with Crippen molar-refractivity contribution in [2.45, 2.75) is 30.3 Å². The van der Waals surface area contributed by atoms with Gasteiger partial charge in [-0.25, -0.2) is 0 Å². The van der Waals surface area contributed by atoms with Crippen LogP contribution in [0.3, 0.4) is 0 Å². The fourth-order valence-electron chi connectivity index (χ4n) is 1.33. The standard InChI is InChI=1S/C13H18S/c1-3-8-13(4-2)14-11-12-9-6-5-7-10-12/h5-7,9-10,13H,1-4,8,11H2. The van der Waals surface area contributed by atoms with E-state index in [4.69, 9.17) is 0 Å². The first kappa shape index (κ1) is 11.6. The number of rotatable bonds is 6. The van der Waals surface area contributed by atoms with Gasteiger partial charge in [-0.2, -0.15) is 11.8 Å². The summed E-state index contributed by atoms with van der Waals surface area (Å²) < 4.78 is 0. The Morgan fingerprint density at radius 2 is 1.86 bits per heavy atom. The minimum Gasteiger partial charge on any atom is -0.154 e. The van der Waals surface area contributed by atoms with Gasteiger partial charge in [-0.3, -0.25) is 0 Å². The van der Waals surface area contributed by atoms with E-state index in [0.717, 1.165) is 18.6 Å². The molecule has 0 aromatic heterocycles. The maximum Gasteiger partial charge on any atom is 0.0187 e. The molecule has 0 nitrogen and oxygen atoms in total. The van der Waals surface area contributed by atoms with Crippen molar-refractivity contribution >= 4 is 11.8 Å². The van der Waals surface area contributed by atoms with Crippen molar-refractivity contribution < 1.29 is 0 Å². The van der Waals surface area contributed by atoms with E-state index in [-0.39, 0.29) is 0 Å². The molecule has 0 aliphatic rings. The molecular formula is C13H18S. The summed E-state index contributed by atoms with van der Waals surface area (Å²) in [6.45, 7) is 7.86. The summed E-state index contributed by atoms with van der Waals surface area (Å²) in [6, 6.07) is 10.6. The molecule has 0 amide bonds. The van der Waals surface area contributed by atoms with Crippen LogP contribution in [0.15, 0.2) is 30.3 Å². The Hall–Kier alpha value is -0.430. The van der Waals surface area contributed by atoms with E-state index in [1.807, 2.05) is 11.8 Å². The van der Waals surface area contributed by atoms with Gasteiger partial charge in [0.2, 0.25) is 0 Å². The average Bonchev–Trinajstić information content (AvgIpc) is 2.25. The first-order valence-corrected chi connectivity index (χ1v) is 6.15. The molecule has 0 aliphatic heterocycles. The molecule has 14 heavy (non-hydrogen) atoms. The fraction of sp³-hybridized carbons (Fsp3) is 0.385. The molecular weight excluding hydrogens is 188 g/mol. The summed E-state index contributed by atoms with van der Waals surface area (Å²) >= 11 is 2.00. The highest BCUT2D eigenvalue weighted by molar-refractivity contribution is 7.99. The predicted molar refractivity (Wildman–Crippen MR) is 66.1 cm³/mol. The molecule has 1 unspecified atom stereocenters. The number of benzene rings is 1. The Kier molecular flexibility index (Phi) is 5.77. The maximum absolute atomic E-state index is 3.97. The van der Waals surface area contributed by atoms with E-state index in [2.05, 4.69) is 44.2 Å². The quantitative estimate of drug-likeness (QED) is 0.674. The zero-order valence-corrected chi connectivity index (χ0v) is 9.43. The van der Waals surface area contributed by atoms with Crippen molar-refractivity contribution in [3.05, 3.63) is 49.7 Å². The van der Waals surface area contributed by atoms with Crippen molar-refractivity contribution in [3.63, 3.8) is 0 Å². The lowest BCUT2D eigenvalue weighted by molar-refractivity contribution is 0.777. The van der Waals surface area contributed by atoms with Crippen LogP contribution in [-0.2, 0) is 5.75 Å². The van der Waals surface area contributed by atoms with Crippen LogP contribution in [-0.4, -0.2) is 5.25 Å². The minimum absolute atomic E-state index is 0.674. The lowest BCUT2D eigenvalue weighted by Crippen LogP contribution is -2.00.